The van der Waals surface area contributed by atoms with Gasteiger partial charge in [-0.1, -0.05) is 19.9 Å². The van der Waals surface area contributed by atoms with E-state index in [9.17, 15) is 21.6 Å². The van der Waals surface area contributed by atoms with Gasteiger partial charge in [-0.2, -0.15) is 0 Å². The Kier molecular flexibility index (Phi) is 5.90. The number of carbonyl (C=O) groups is 1. The fourth-order valence-corrected chi connectivity index (χ4v) is 6.24. The molecule has 1 unspecified atom stereocenters. The summed E-state index contributed by atoms with van der Waals surface area (Å²) in [7, 11) is -7.05. The molecule has 25 heavy (non-hydrogen) atoms. The predicted molar refractivity (Wildman–Crippen MR) is 94.1 cm³/mol. The maximum absolute atomic E-state index is 12.7. The lowest BCUT2D eigenvalue weighted by Crippen LogP contribution is -2.36. The first-order valence-electron chi connectivity index (χ1n) is 8.09. The van der Waals surface area contributed by atoms with Crippen molar-refractivity contribution in [1.29, 1.82) is 0 Å². The Bertz CT molecular complexity index is 859. The molecule has 1 saturated heterocycles. The van der Waals surface area contributed by atoms with Crippen LogP contribution in [0.3, 0.4) is 0 Å². The van der Waals surface area contributed by atoms with E-state index in [2.05, 4.69) is 4.72 Å². The first-order valence-corrected chi connectivity index (χ1v) is 11.4. The number of sulfone groups is 1. The quantitative estimate of drug-likeness (QED) is 0.763. The fraction of sp³-hybridized carbons (Fsp3) is 0.562. The summed E-state index contributed by atoms with van der Waals surface area (Å²) in [5.41, 5.74) is 0.416. The van der Waals surface area contributed by atoms with Gasteiger partial charge in [-0.3, -0.25) is 0 Å². The minimum atomic E-state index is -3.94. The Morgan fingerprint density at radius 3 is 2.60 bits per heavy atom. The minimum Gasteiger partial charge on any atom is -0.478 e. The van der Waals surface area contributed by atoms with Gasteiger partial charge < -0.3 is 5.11 Å². The van der Waals surface area contributed by atoms with E-state index in [1.54, 1.807) is 0 Å². The van der Waals surface area contributed by atoms with Crippen molar-refractivity contribution in [2.45, 2.75) is 37.5 Å². The molecule has 1 aliphatic heterocycles. The number of rotatable bonds is 6. The highest BCUT2D eigenvalue weighted by atomic mass is 32.2. The molecule has 0 saturated carbocycles. The summed E-state index contributed by atoms with van der Waals surface area (Å²) < 4.78 is 51.2. The van der Waals surface area contributed by atoms with Crippen LogP contribution in [0.15, 0.2) is 23.1 Å². The van der Waals surface area contributed by atoms with Crippen LogP contribution < -0.4 is 4.72 Å². The van der Waals surface area contributed by atoms with Crippen molar-refractivity contribution < 1.29 is 26.7 Å². The summed E-state index contributed by atoms with van der Waals surface area (Å²) in [4.78, 5) is 11.1. The highest BCUT2D eigenvalue weighted by Crippen LogP contribution is 2.26. The molecule has 2 N–H and O–H groups in total. The van der Waals surface area contributed by atoms with Crippen LogP contribution in [0.25, 0.3) is 0 Å². The Morgan fingerprint density at radius 2 is 2.04 bits per heavy atom. The number of carboxylic acid groups (broad SMARTS) is 1. The van der Waals surface area contributed by atoms with Gasteiger partial charge in [0.15, 0.2) is 9.84 Å². The summed E-state index contributed by atoms with van der Waals surface area (Å²) in [5, 5.41) is 9.11. The van der Waals surface area contributed by atoms with E-state index in [1.807, 2.05) is 13.8 Å². The van der Waals surface area contributed by atoms with E-state index in [0.29, 0.717) is 18.4 Å². The van der Waals surface area contributed by atoms with Gasteiger partial charge >= 0.3 is 5.97 Å². The monoisotopic (exact) mass is 389 g/mol. The molecule has 0 radical (unpaired) electrons. The molecular weight excluding hydrogens is 366 g/mol. The molecule has 0 amide bonds. The number of hydrogen-bond acceptors (Lipinski definition) is 5. The molecule has 1 atom stereocenters. The molecule has 1 aromatic carbocycles. The minimum absolute atomic E-state index is 0.0242. The molecule has 2 rings (SSSR count). The molecule has 7 nitrogen and oxygen atoms in total. The van der Waals surface area contributed by atoms with Crippen LogP contribution in [0.1, 0.15) is 48.5 Å². The van der Waals surface area contributed by atoms with Gasteiger partial charge in [0.25, 0.3) is 0 Å². The lowest BCUT2D eigenvalue weighted by atomic mass is 10.0. The average molecular weight is 389 g/mol. The Balaban J connectivity index is 2.26. The normalized spacial score (nSPS) is 20.5. The SMILES string of the molecule is CC(C)c1ccc(C(=O)O)cc1S(=O)(=O)NCC1CCCS(=O)(=O)C1. The number of nitrogens with one attached hydrogen (secondary N) is 1. The van der Waals surface area contributed by atoms with Gasteiger partial charge in [0.1, 0.15) is 0 Å². The first kappa shape index (κ1) is 19.9. The van der Waals surface area contributed by atoms with Crippen LogP contribution in [0.5, 0.6) is 0 Å². The van der Waals surface area contributed by atoms with Gasteiger partial charge in [0.2, 0.25) is 10.0 Å². The number of carboxylic acids is 1. The van der Waals surface area contributed by atoms with Crippen molar-refractivity contribution in [2.24, 2.45) is 5.92 Å². The average Bonchev–Trinajstić information content (AvgIpc) is 2.51. The lowest BCUT2D eigenvalue weighted by molar-refractivity contribution is 0.0696. The van der Waals surface area contributed by atoms with Crippen molar-refractivity contribution >= 4 is 25.8 Å². The standard InChI is InChI=1S/C16H23NO6S2/c1-11(2)14-6-5-13(16(18)19)8-15(14)25(22,23)17-9-12-4-3-7-24(20,21)10-12/h5-6,8,11-12,17H,3-4,7,9-10H2,1-2H3,(H,18,19). The van der Waals surface area contributed by atoms with Crippen LogP contribution in [-0.4, -0.2) is 46.0 Å². The summed E-state index contributed by atoms with van der Waals surface area (Å²) >= 11 is 0. The summed E-state index contributed by atoms with van der Waals surface area (Å²) in [6.45, 7) is 3.67. The fourth-order valence-electron chi connectivity index (χ4n) is 2.96. The van der Waals surface area contributed by atoms with E-state index >= 15 is 0 Å². The van der Waals surface area contributed by atoms with Crippen LogP contribution in [0.4, 0.5) is 0 Å². The van der Waals surface area contributed by atoms with Gasteiger partial charge in [-0.05, 0) is 42.4 Å². The maximum Gasteiger partial charge on any atom is 0.335 e. The molecule has 140 valence electrons. The van der Waals surface area contributed by atoms with Gasteiger partial charge in [-0.25, -0.2) is 26.4 Å². The van der Waals surface area contributed by atoms with Crippen molar-refractivity contribution in [3.8, 4) is 0 Å². The topological polar surface area (TPSA) is 118 Å². The largest absolute Gasteiger partial charge is 0.478 e. The van der Waals surface area contributed by atoms with Crippen LogP contribution >= 0.6 is 0 Å². The second-order valence-electron chi connectivity index (χ2n) is 6.69. The van der Waals surface area contributed by atoms with Crippen molar-refractivity contribution in [3.05, 3.63) is 29.3 Å². The van der Waals surface area contributed by atoms with Crippen molar-refractivity contribution in [3.63, 3.8) is 0 Å². The number of hydrogen-bond donors (Lipinski definition) is 2. The Labute approximate surface area is 148 Å². The van der Waals surface area contributed by atoms with E-state index in [-0.39, 0.29) is 40.3 Å². The third-order valence-electron chi connectivity index (χ3n) is 4.29. The van der Waals surface area contributed by atoms with E-state index < -0.39 is 25.8 Å². The first-order chi connectivity index (χ1) is 11.5. The molecule has 1 aliphatic rings. The van der Waals surface area contributed by atoms with E-state index in [4.69, 9.17) is 5.11 Å². The van der Waals surface area contributed by atoms with Gasteiger partial charge in [0, 0.05) is 6.54 Å². The van der Waals surface area contributed by atoms with Crippen LogP contribution in [0, 0.1) is 5.92 Å². The third-order valence-corrected chi connectivity index (χ3v) is 7.66. The summed E-state index contributed by atoms with van der Waals surface area (Å²) in [6.07, 6.45) is 1.18. The molecule has 9 heteroatoms. The lowest BCUT2D eigenvalue weighted by Gasteiger charge is -2.22. The predicted octanol–water partition coefficient (Wildman–Crippen LogP) is 1.61. The van der Waals surface area contributed by atoms with Gasteiger partial charge in [0.05, 0.1) is 22.0 Å². The molecule has 0 aromatic heterocycles. The molecule has 1 fully saturated rings. The third kappa shape index (κ3) is 5.02. The molecule has 0 bridgehead atoms. The summed E-state index contributed by atoms with van der Waals surface area (Å²) in [5.74, 6) is -1.45. The molecule has 1 aromatic rings. The molecule has 0 aliphatic carbocycles. The molecular formula is C16H23NO6S2. The van der Waals surface area contributed by atoms with E-state index in [0.717, 1.165) is 6.07 Å². The highest BCUT2D eigenvalue weighted by molar-refractivity contribution is 7.91. The highest BCUT2D eigenvalue weighted by Gasteiger charge is 2.27. The van der Waals surface area contributed by atoms with Crippen molar-refractivity contribution in [1.82, 2.24) is 4.72 Å². The Hall–Kier alpha value is -1.45. The Morgan fingerprint density at radius 1 is 1.36 bits per heavy atom. The zero-order valence-corrected chi connectivity index (χ0v) is 15.9. The number of sulfonamides is 1. The second kappa shape index (κ2) is 7.43. The second-order valence-corrected chi connectivity index (χ2v) is 10.7. The zero-order valence-electron chi connectivity index (χ0n) is 14.2. The smallest absolute Gasteiger partial charge is 0.335 e. The molecule has 1 heterocycles. The van der Waals surface area contributed by atoms with Crippen LogP contribution in [0.2, 0.25) is 0 Å². The van der Waals surface area contributed by atoms with Crippen LogP contribution in [-0.2, 0) is 19.9 Å². The van der Waals surface area contributed by atoms with Crippen molar-refractivity contribution in [2.75, 3.05) is 18.1 Å². The summed E-state index contributed by atoms with van der Waals surface area (Å²) in [6, 6.07) is 4.04. The zero-order chi connectivity index (χ0) is 18.8. The molecule has 0 spiro atoms. The maximum atomic E-state index is 12.7. The van der Waals surface area contributed by atoms with Gasteiger partial charge in [-0.15, -0.1) is 0 Å². The number of aromatic carboxylic acids is 1. The number of benzene rings is 1. The van der Waals surface area contributed by atoms with E-state index in [1.165, 1.54) is 12.1 Å².